The lowest BCUT2D eigenvalue weighted by Gasteiger charge is -2.17. The lowest BCUT2D eigenvalue weighted by molar-refractivity contribution is -0.0289. The molecule has 5 atom stereocenters. The molecule has 24 heavy (non-hydrogen) atoms. The van der Waals surface area contributed by atoms with E-state index in [4.69, 9.17) is 10.5 Å². The molecule has 0 saturated carbocycles. The van der Waals surface area contributed by atoms with Gasteiger partial charge in [0.1, 0.15) is 17.7 Å². The van der Waals surface area contributed by atoms with E-state index in [9.17, 15) is 10.2 Å². The van der Waals surface area contributed by atoms with Gasteiger partial charge in [0.15, 0.2) is 11.9 Å². The monoisotopic (exact) mass is 351 g/mol. The number of hydrogen-bond donors (Lipinski definition) is 4. The number of imidazole rings is 1. The van der Waals surface area contributed by atoms with Gasteiger partial charge in [0.05, 0.1) is 18.1 Å². The van der Waals surface area contributed by atoms with Crippen molar-refractivity contribution in [1.82, 2.24) is 19.9 Å². The Bertz CT molecular complexity index is 720. The molecular weight excluding hydrogens is 330 g/mol. The highest BCUT2D eigenvalue weighted by molar-refractivity contribution is 8.00. The molecule has 4 rings (SSSR count). The van der Waals surface area contributed by atoms with Gasteiger partial charge in [-0.15, -0.1) is 0 Å². The Balaban J connectivity index is 1.51. The summed E-state index contributed by atoms with van der Waals surface area (Å²) >= 11 is 1.77. The van der Waals surface area contributed by atoms with Crippen LogP contribution in [0.3, 0.4) is 0 Å². The van der Waals surface area contributed by atoms with Crippen molar-refractivity contribution >= 4 is 28.6 Å². The largest absolute Gasteiger partial charge is 0.397 e. The van der Waals surface area contributed by atoms with Crippen molar-refractivity contribution in [3.63, 3.8) is 0 Å². The van der Waals surface area contributed by atoms with Crippen molar-refractivity contribution in [2.45, 2.75) is 36.2 Å². The van der Waals surface area contributed by atoms with E-state index in [1.165, 1.54) is 0 Å². The van der Waals surface area contributed by atoms with E-state index in [0.29, 0.717) is 27.9 Å². The SMILES string of the molecule is Nc1ccnc2c1ncn2C1OC(CSC2CCNC2)C(O)C1O. The van der Waals surface area contributed by atoms with Crippen LogP contribution in [-0.4, -0.2) is 67.2 Å². The first-order valence-corrected chi connectivity index (χ1v) is 9.11. The minimum atomic E-state index is -1.03. The lowest BCUT2D eigenvalue weighted by atomic mass is 10.1. The quantitative estimate of drug-likeness (QED) is 0.594. The van der Waals surface area contributed by atoms with E-state index < -0.39 is 24.5 Å². The van der Waals surface area contributed by atoms with E-state index in [0.717, 1.165) is 19.5 Å². The molecule has 130 valence electrons. The summed E-state index contributed by atoms with van der Waals surface area (Å²) in [6.45, 7) is 2.01. The van der Waals surface area contributed by atoms with Crippen LogP contribution in [0.2, 0.25) is 0 Å². The molecule has 2 fully saturated rings. The number of fused-ring (bicyclic) bond motifs is 1. The van der Waals surface area contributed by atoms with Crippen molar-refractivity contribution in [1.29, 1.82) is 0 Å². The summed E-state index contributed by atoms with van der Waals surface area (Å²) in [6.07, 6.45) is 1.16. The minimum absolute atomic E-state index is 0.422. The van der Waals surface area contributed by atoms with Gasteiger partial charge in [0, 0.05) is 23.7 Å². The van der Waals surface area contributed by atoms with E-state index in [1.807, 2.05) is 0 Å². The molecule has 2 saturated heterocycles. The Morgan fingerprint density at radius 1 is 1.38 bits per heavy atom. The van der Waals surface area contributed by atoms with Crippen LogP contribution >= 0.6 is 11.8 Å². The highest BCUT2D eigenvalue weighted by Crippen LogP contribution is 2.34. The van der Waals surface area contributed by atoms with Gasteiger partial charge in [-0.05, 0) is 19.0 Å². The number of aromatic nitrogens is 3. The van der Waals surface area contributed by atoms with Crippen LogP contribution in [0.25, 0.3) is 11.2 Å². The molecular formula is C15H21N5O3S. The molecule has 0 bridgehead atoms. The Morgan fingerprint density at radius 3 is 3.04 bits per heavy atom. The van der Waals surface area contributed by atoms with Crippen LogP contribution < -0.4 is 11.1 Å². The average Bonchev–Trinajstić information content (AvgIpc) is 3.28. The van der Waals surface area contributed by atoms with Crippen LogP contribution in [0.4, 0.5) is 5.69 Å². The number of nitrogens with zero attached hydrogens (tertiary/aromatic N) is 3. The molecule has 8 nitrogen and oxygen atoms in total. The van der Waals surface area contributed by atoms with E-state index >= 15 is 0 Å². The number of aliphatic hydroxyl groups excluding tert-OH is 2. The van der Waals surface area contributed by atoms with Crippen molar-refractivity contribution < 1.29 is 14.9 Å². The molecule has 2 aromatic heterocycles. The number of anilines is 1. The van der Waals surface area contributed by atoms with Gasteiger partial charge in [-0.1, -0.05) is 0 Å². The average molecular weight is 351 g/mol. The summed E-state index contributed by atoms with van der Waals surface area (Å²) in [5, 5.41) is 24.6. The number of hydrogen-bond acceptors (Lipinski definition) is 8. The van der Waals surface area contributed by atoms with Crippen LogP contribution in [0, 0.1) is 0 Å². The number of aliphatic hydroxyl groups is 2. The normalized spacial score (nSPS) is 33.5. The third kappa shape index (κ3) is 2.76. The number of nitrogen functional groups attached to an aromatic ring is 1. The number of nitrogens with one attached hydrogen (secondary N) is 1. The van der Waals surface area contributed by atoms with Gasteiger partial charge in [-0.2, -0.15) is 11.8 Å². The van der Waals surface area contributed by atoms with Gasteiger partial charge in [-0.3, -0.25) is 4.57 Å². The zero-order valence-corrected chi connectivity index (χ0v) is 13.9. The number of pyridine rings is 1. The molecule has 5 N–H and O–H groups in total. The number of nitrogens with two attached hydrogens (primary N) is 1. The second-order valence-electron chi connectivity index (χ2n) is 6.22. The predicted octanol–water partition coefficient (Wildman–Crippen LogP) is -0.272. The highest BCUT2D eigenvalue weighted by Gasteiger charge is 2.44. The molecule has 9 heteroatoms. The van der Waals surface area contributed by atoms with Gasteiger partial charge < -0.3 is 26.0 Å². The zero-order chi connectivity index (χ0) is 16.7. The molecule has 4 heterocycles. The lowest BCUT2D eigenvalue weighted by Crippen LogP contribution is -2.33. The van der Waals surface area contributed by atoms with Crippen molar-refractivity contribution in [3.8, 4) is 0 Å². The van der Waals surface area contributed by atoms with Gasteiger partial charge in [0.25, 0.3) is 0 Å². The smallest absolute Gasteiger partial charge is 0.165 e. The van der Waals surface area contributed by atoms with Gasteiger partial charge in [-0.25, -0.2) is 9.97 Å². The summed E-state index contributed by atoms with van der Waals surface area (Å²) in [7, 11) is 0. The van der Waals surface area contributed by atoms with Crippen LogP contribution in [0.15, 0.2) is 18.6 Å². The van der Waals surface area contributed by atoms with Crippen molar-refractivity contribution in [2.24, 2.45) is 0 Å². The Morgan fingerprint density at radius 2 is 2.25 bits per heavy atom. The number of ether oxygens (including phenoxy) is 1. The fourth-order valence-corrected chi connectivity index (χ4v) is 4.50. The summed E-state index contributed by atoms with van der Waals surface area (Å²) in [6, 6.07) is 1.68. The Labute approximate surface area is 143 Å². The third-order valence-corrected chi connectivity index (χ3v) is 6.01. The second-order valence-corrected chi connectivity index (χ2v) is 7.55. The Kier molecular flexibility index (Phi) is 4.35. The molecule has 2 aliphatic heterocycles. The molecule has 2 aliphatic rings. The maximum absolute atomic E-state index is 10.4. The molecule has 0 aromatic carbocycles. The number of rotatable bonds is 4. The molecule has 0 spiro atoms. The summed E-state index contributed by atoms with van der Waals surface area (Å²) < 4.78 is 7.58. The summed E-state index contributed by atoms with van der Waals surface area (Å²) in [5.74, 6) is 0.642. The van der Waals surface area contributed by atoms with E-state index in [1.54, 1.807) is 34.9 Å². The third-order valence-electron chi connectivity index (χ3n) is 4.61. The first-order chi connectivity index (χ1) is 11.6. The molecule has 0 amide bonds. The fraction of sp³-hybridized carbons (Fsp3) is 0.600. The van der Waals surface area contributed by atoms with Crippen molar-refractivity contribution in [2.75, 3.05) is 24.6 Å². The predicted molar refractivity (Wildman–Crippen MR) is 91.6 cm³/mol. The topological polar surface area (TPSA) is 118 Å². The molecule has 5 unspecified atom stereocenters. The minimum Gasteiger partial charge on any atom is -0.397 e. The molecule has 0 radical (unpaired) electrons. The maximum Gasteiger partial charge on any atom is 0.165 e. The zero-order valence-electron chi connectivity index (χ0n) is 13.1. The highest BCUT2D eigenvalue weighted by atomic mass is 32.2. The second kappa shape index (κ2) is 6.49. The van der Waals surface area contributed by atoms with Crippen molar-refractivity contribution in [3.05, 3.63) is 18.6 Å². The van der Waals surface area contributed by atoms with Gasteiger partial charge >= 0.3 is 0 Å². The van der Waals surface area contributed by atoms with E-state index in [2.05, 4.69) is 15.3 Å². The van der Waals surface area contributed by atoms with Crippen LogP contribution in [0.1, 0.15) is 12.6 Å². The number of thioether (sulfide) groups is 1. The standard InChI is InChI=1S/C15H21N5O3S/c16-9-2-4-18-14-11(9)19-7-20(14)15-13(22)12(21)10(23-15)6-24-8-1-3-17-5-8/h2,4,7-8,10,12-13,15,17,21-22H,1,3,5-6H2,(H2,16,18). The van der Waals surface area contributed by atoms with Crippen LogP contribution in [-0.2, 0) is 4.74 Å². The summed E-state index contributed by atoms with van der Waals surface area (Å²) in [4.78, 5) is 8.52. The summed E-state index contributed by atoms with van der Waals surface area (Å²) in [5.41, 5.74) is 7.53. The van der Waals surface area contributed by atoms with Crippen LogP contribution in [0.5, 0.6) is 0 Å². The first kappa shape index (κ1) is 16.1. The maximum atomic E-state index is 10.4. The molecule has 2 aromatic rings. The first-order valence-electron chi connectivity index (χ1n) is 8.06. The fourth-order valence-electron chi connectivity index (χ4n) is 3.24. The van der Waals surface area contributed by atoms with Gasteiger partial charge in [0.2, 0.25) is 0 Å². The van der Waals surface area contributed by atoms with E-state index in [-0.39, 0.29) is 0 Å². The molecule has 0 aliphatic carbocycles. The Hall–Kier alpha value is -1.39.